The van der Waals surface area contributed by atoms with Crippen molar-refractivity contribution in [1.29, 1.82) is 0 Å². The van der Waals surface area contributed by atoms with E-state index in [1.807, 2.05) is 0 Å². The molecule has 0 saturated carbocycles. The van der Waals surface area contributed by atoms with E-state index in [0.717, 1.165) is 9.52 Å². The first kappa shape index (κ1) is 41.6. The molecule has 0 nitrogen and oxygen atoms in total. The van der Waals surface area contributed by atoms with Crippen LogP contribution < -0.4 is 0 Å². The quantitative estimate of drug-likeness (QED) is 0.0850. The van der Waals surface area contributed by atoms with E-state index in [0.29, 0.717) is 11.8 Å². The second-order valence-electron chi connectivity index (χ2n) is 13.8. The van der Waals surface area contributed by atoms with Gasteiger partial charge in [0.2, 0.25) is 0 Å². The molecule has 0 fully saturated rings. The summed E-state index contributed by atoms with van der Waals surface area (Å²) < 4.78 is 0. The zero-order valence-corrected chi connectivity index (χ0v) is 36.8. The topological polar surface area (TPSA) is 0 Å². The van der Waals surface area contributed by atoms with Gasteiger partial charge in [0.1, 0.15) is 0 Å². The fourth-order valence-electron chi connectivity index (χ4n) is 6.76. The smallest absolute Gasteiger partial charge is 0.0307 e. The van der Waals surface area contributed by atoms with E-state index in [9.17, 15) is 0 Å². The maximum atomic E-state index is 2.41. The van der Waals surface area contributed by atoms with Crippen molar-refractivity contribution >= 4 is 31.1 Å². The monoisotopic (exact) mass is 844 g/mol. The summed E-state index contributed by atoms with van der Waals surface area (Å²) in [5, 5.41) is 5.57. The first-order chi connectivity index (χ1) is 23.9. The Kier molecular flexibility index (Phi) is 17.9. The second kappa shape index (κ2) is 21.5. The van der Waals surface area contributed by atoms with Crippen molar-refractivity contribution in [2.75, 3.05) is 0 Å². The predicted octanol–water partition coefficient (Wildman–Crippen LogP) is 14.9. The molecule has 0 aliphatic heterocycles. The zero-order valence-electron chi connectivity index (χ0n) is 32.2. The summed E-state index contributed by atoms with van der Waals surface area (Å²) in [7, 11) is 1.08. The van der Waals surface area contributed by atoms with Gasteiger partial charge in [0.15, 0.2) is 0 Å². The third kappa shape index (κ3) is 10.6. The summed E-state index contributed by atoms with van der Waals surface area (Å²) in [6.45, 7) is 18.0. The van der Waals surface area contributed by atoms with Crippen LogP contribution in [0.2, 0.25) is 13.1 Å². The molecule has 6 aromatic rings. The van der Waals surface area contributed by atoms with E-state index in [-0.39, 0.29) is 25.8 Å². The van der Waals surface area contributed by atoms with Crippen molar-refractivity contribution in [3.8, 4) is 22.3 Å². The molecular formula is C48H60HfSi-2. The first-order valence-corrected chi connectivity index (χ1v) is 21.0. The summed E-state index contributed by atoms with van der Waals surface area (Å²) in [6, 6.07) is 40.9. The molecule has 50 heavy (non-hydrogen) atoms. The molecule has 6 aromatic carbocycles. The number of benzene rings is 4. The fourth-order valence-corrected chi connectivity index (χ4v) is 6.76. The summed E-state index contributed by atoms with van der Waals surface area (Å²) in [4.78, 5) is 0. The molecule has 2 radical (unpaired) electrons. The Morgan fingerprint density at radius 3 is 1.24 bits per heavy atom. The van der Waals surface area contributed by atoms with Gasteiger partial charge in [0, 0.05) is 35.4 Å². The minimum atomic E-state index is 0. The molecule has 0 aliphatic carbocycles. The van der Waals surface area contributed by atoms with Crippen LogP contribution in [0, 0.1) is 0 Å². The summed E-state index contributed by atoms with van der Waals surface area (Å²) in [5.74, 6) is 1.26. The Hall–Kier alpha value is -2.81. The van der Waals surface area contributed by atoms with Crippen molar-refractivity contribution in [3.63, 3.8) is 0 Å². The van der Waals surface area contributed by atoms with Gasteiger partial charge in [-0.3, -0.25) is 0 Å². The Morgan fingerprint density at radius 2 is 0.880 bits per heavy atom. The van der Waals surface area contributed by atoms with Crippen LogP contribution in [-0.4, -0.2) is 9.52 Å². The first-order valence-electron chi connectivity index (χ1n) is 19.0. The van der Waals surface area contributed by atoms with E-state index < -0.39 is 0 Å². The number of fused-ring (bicyclic) bond motifs is 2. The van der Waals surface area contributed by atoms with Crippen LogP contribution in [0.25, 0.3) is 43.8 Å². The summed E-state index contributed by atoms with van der Waals surface area (Å²) in [5.41, 5.74) is 11.5. The van der Waals surface area contributed by atoms with Crippen molar-refractivity contribution in [3.05, 3.63) is 131 Å². The van der Waals surface area contributed by atoms with E-state index in [1.54, 1.807) is 0 Å². The van der Waals surface area contributed by atoms with Gasteiger partial charge in [0.05, 0.1) is 0 Å². The van der Waals surface area contributed by atoms with Gasteiger partial charge in [-0.15, -0.1) is 69.1 Å². The Morgan fingerprint density at radius 1 is 0.520 bits per heavy atom. The maximum absolute atomic E-state index is 2.41. The average molecular weight is 844 g/mol. The molecule has 262 valence electrons. The molecule has 0 N–H and O–H groups in total. The van der Waals surface area contributed by atoms with Gasteiger partial charge in [-0.05, 0) is 59.8 Å². The number of hydrogen-bond acceptors (Lipinski definition) is 0. The number of rotatable bonds is 12. The van der Waals surface area contributed by atoms with E-state index in [4.69, 9.17) is 0 Å². The van der Waals surface area contributed by atoms with Crippen molar-refractivity contribution in [2.45, 2.75) is 118 Å². The van der Waals surface area contributed by atoms with Crippen LogP contribution in [0.5, 0.6) is 0 Å². The van der Waals surface area contributed by atoms with Gasteiger partial charge in [-0.2, -0.15) is 12.1 Å². The van der Waals surface area contributed by atoms with Gasteiger partial charge in [0.25, 0.3) is 0 Å². The number of aryl methyl sites for hydroxylation is 2. The Balaban J connectivity index is 0.000000246. The van der Waals surface area contributed by atoms with E-state index in [2.05, 4.69) is 164 Å². The largest absolute Gasteiger partial charge is 0.164 e. The normalized spacial score (nSPS) is 12.0. The van der Waals surface area contributed by atoms with E-state index >= 15 is 0 Å². The van der Waals surface area contributed by atoms with Gasteiger partial charge >= 0.3 is 0 Å². The second-order valence-corrected chi connectivity index (χ2v) is 14.8. The minimum absolute atomic E-state index is 0. The van der Waals surface area contributed by atoms with Crippen LogP contribution in [0.15, 0.2) is 109 Å². The average Bonchev–Trinajstić information content (AvgIpc) is 3.79. The zero-order chi connectivity index (χ0) is 35.2. The van der Waals surface area contributed by atoms with Crippen LogP contribution >= 0.6 is 0 Å². The maximum Gasteiger partial charge on any atom is 0.0307 e. The molecule has 0 saturated heterocycles. The standard InChI is InChI=1S/2C23H27.C2H6Si.Hf/c2*1-4-6-10-18-11-7-8-13-21(18)22-14-9-12-19-15-20(16-23(19)22)17(3)5-2;1-3-2;/h2*7-9,11-17H,4-6,10H2,1-3H3;1-2H3;/q2*-1;;. The van der Waals surface area contributed by atoms with Gasteiger partial charge in [-0.25, -0.2) is 0 Å². The third-order valence-electron chi connectivity index (χ3n) is 10.1. The molecule has 0 aromatic heterocycles. The van der Waals surface area contributed by atoms with E-state index in [1.165, 1.54) is 117 Å². The van der Waals surface area contributed by atoms with Crippen LogP contribution in [-0.2, 0) is 38.7 Å². The van der Waals surface area contributed by atoms with Gasteiger partial charge in [-0.1, -0.05) is 152 Å². The molecule has 2 heteroatoms. The molecule has 0 spiro atoms. The van der Waals surface area contributed by atoms with Crippen molar-refractivity contribution < 1.29 is 25.8 Å². The predicted molar refractivity (Wildman–Crippen MR) is 222 cm³/mol. The molecular weight excluding hydrogens is 783 g/mol. The molecule has 0 amide bonds. The fraction of sp³-hybridized carbons (Fsp3) is 0.375. The minimum Gasteiger partial charge on any atom is -0.164 e. The van der Waals surface area contributed by atoms with Crippen LogP contribution in [0.1, 0.15) is 114 Å². The van der Waals surface area contributed by atoms with Crippen LogP contribution in [0.3, 0.4) is 0 Å². The molecule has 2 unspecified atom stereocenters. The summed E-state index contributed by atoms with van der Waals surface area (Å²) in [6.07, 6.45) is 9.72. The number of hydrogen-bond donors (Lipinski definition) is 0. The van der Waals surface area contributed by atoms with Crippen molar-refractivity contribution in [1.82, 2.24) is 0 Å². The number of unbranched alkanes of at least 4 members (excludes halogenated alkanes) is 2. The molecule has 2 atom stereocenters. The van der Waals surface area contributed by atoms with Crippen molar-refractivity contribution in [2.24, 2.45) is 0 Å². The van der Waals surface area contributed by atoms with Gasteiger partial charge < -0.3 is 0 Å². The third-order valence-corrected chi connectivity index (χ3v) is 10.1. The summed E-state index contributed by atoms with van der Waals surface area (Å²) >= 11 is 0. The SMILES string of the molecule is CCCCc1ccccc1-c1cccc2[cH-]c(C(C)CC)cc12.CCCCc1ccccc1-c1cccc2[cH-]c(C(C)CC)cc12.C[Si]C.[Hf]. The Bertz CT molecular complexity index is 1720. The molecule has 0 bridgehead atoms. The molecule has 6 rings (SSSR count). The van der Waals surface area contributed by atoms with Crippen LogP contribution in [0.4, 0.5) is 0 Å². The molecule has 0 aliphatic rings. The molecule has 0 heterocycles. The Labute approximate surface area is 326 Å².